The van der Waals surface area contributed by atoms with Gasteiger partial charge >= 0.3 is 0 Å². The molecule has 0 unspecified atom stereocenters. The summed E-state index contributed by atoms with van der Waals surface area (Å²) in [7, 11) is -1.68. The molecule has 96 valence electrons. The minimum atomic E-state index is -1.68. The highest BCUT2D eigenvalue weighted by Gasteiger charge is 2.53. The Balaban J connectivity index is 2.11. The number of benzene rings is 2. The van der Waals surface area contributed by atoms with E-state index in [1.165, 1.54) is 10.4 Å². The predicted octanol–water partition coefficient (Wildman–Crippen LogP) is 3.31. The molecule has 1 heterocycles. The Labute approximate surface area is 116 Å². The Morgan fingerprint density at radius 3 is 1.42 bits per heavy atom. The van der Waals surface area contributed by atoms with Crippen LogP contribution in [0.15, 0.2) is 71.6 Å². The van der Waals surface area contributed by atoms with E-state index >= 15 is 0 Å². The Morgan fingerprint density at radius 2 is 1.11 bits per heavy atom. The first kappa shape index (κ1) is 12.4. The van der Waals surface area contributed by atoms with Crippen molar-refractivity contribution in [2.45, 2.75) is 20.8 Å². The second-order valence-electron chi connectivity index (χ2n) is 6.35. The first-order chi connectivity index (χ1) is 9.05. The van der Waals surface area contributed by atoms with Gasteiger partial charge in [0.05, 0.1) is 0 Å². The van der Waals surface area contributed by atoms with Crippen molar-refractivity contribution in [3.05, 3.63) is 71.6 Å². The minimum Gasteiger partial charge on any atom is -0.0852 e. The van der Waals surface area contributed by atoms with Crippen LogP contribution in [0.3, 0.4) is 0 Å². The highest BCUT2D eigenvalue weighted by molar-refractivity contribution is 7.18. The van der Waals surface area contributed by atoms with E-state index in [1.807, 2.05) is 0 Å². The summed E-state index contributed by atoms with van der Waals surface area (Å²) in [5, 5.41) is 4.70. The molecule has 0 radical (unpaired) electrons. The Hall–Kier alpha value is -1.60. The van der Waals surface area contributed by atoms with E-state index in [9.17, 15) is 0 Å². The first-order valence-corrected chi connectivity index (χ1v) is 8.98. The monoisotopic (exact) mass is 264 g/mol. The Morgan fingerprint density at radius 1 is 0.684 bits per heavy atom. The average molecular weight is 264 g/mol. The van der Waals surface area contributed by atoms with E-state index in [-0.39, 0.29) is 5.41 Å². The first-order valence-electron chi connectivity index (χ1n) is 6.90. The molecule has 1 aliphatic rings. The number of hydrogen-bond donors (Lipinski definition) is 0. The smallest absolute Gasteiger partial charge is 0.0852 e. The van der Waals surface area contributed by atoms with Crippen LogP contribution in [0.25, 0.3) is 0 Å². The summed E-state index contributed by atoms with van der Waals surface area (Å²) < 4.78 is 0. The van der Waals surface area contributed by atoms with Gasteiger partial charge in [-0.3, -0.25) is 0 Å². The lowest BCUT2D eigenvalue weighted by molar-refractivity contribution is 0.536. The Bertz CT molecular complexity index is 564. The van der Waals surface area contributed by atoms with Gasteiger partial charge in [-0.15, -0.1) is 0 Å². The molecular formula is C18H20Si. The van der Waals surface area contributed by atoms with Crippen molar-refractivity contribution < 1.29 is 0 Å². The summed E-state index contributed by atoms with van der Waals surface area (Å²) in [5.74, 6) is 0. The van der Waals surface area contributed by atoms with Crippen molar-refractivity contribution in [1.82, 2.24) is 0 Å². The van der Waals surface area contributed by atoms with Gasteiger partial charge in [0.1, 0.15) is 0 Å². The summed E-state index contributed by atoms with van der Waals surface area (Å²) in [6, 6.07) is 22.1. The molecule has 0 fully saturated rings. The third-order valence-corrected chi connectivity index (χ3v) is 8.61. The zero-order valence-electron chi connectivity index (χ0n) is 11.9. The molecule has 2 aromatic carbocycles. The molecule has 19 heavy (non-hydrogen) atoms. The molecule has 0 nitrogen and oxygen atoms in total. The summed E-state index contributed by atoms with van der Waals surface area (Å²) >= 11 is 0. The van der Waals surface area contributed by atoms with Crippen LogP contribution in [0, 0.1) is 5.41 Å². The molecule has 0 spiro atoms. The molecule has 0 N–H and O–H groups in total. The van der Waals surface area contributed by atoms with Gasteiger partial charge in [0, 0.05) is 0 Å². The van der Waals surface area contributed by atoms with Gasteiger partial charge in [-0.05, 0) is 15.8 Å². The Kier molecular flexibility index (Phi) is 2.75. The van der Waals surface area contributed by atoms with E-state index in [1.54, 1.807) is 5.20 Å². The molecule has 0 aliphatic carbocycles. The van der Waals surface area contributed by atoms with Gasteiger partial charge in [0.2, 0.25) is 0 Å². The fourth-order valence-electron chi connectivity index (χ4n) is 3.03. The summed E-state index contributed by atoms with van der Waals surface area (Å²) in [6.45, 7) is 7.00. The van der Waals surface area contributed by atoms with Crippen LogP contribution in [-0.2, 0) is 0 Å². The van der Waals surface area contributed by atoms with Crippen LogP contribution in [0.2, 0.25) is 0 Å². The molecule has 0 bridgehead atoms. The maximum Gasteiger partial charge on any atom is 0.167 e. The molecule has 0 atom stereocenters. The van der Waals surface area contributed by atoms with E-state index in [2.05, 4.69) is 87.1 Å². The van der Waals surface area contributed by atoms with Gasteiger partial charge in [-0.2, -0.15) is 0 Å². The normalized spacial score (nSPS) is 16.9. The topological polar surface area (TPSA) is 0 Å². The lowest BCUT2D eigenvalue weighted by Gasteiger charge is -2.25. The fourth-order valence-corrected chi connectivity index (χ4v) is 8.17. The second-order valence-corrected chi connectivity index (χ2v) is 9.95. The maximum absolute atomic E-state index is 2.57. The van der Waals surface area contributed by atoms with Gasteiger partial charge in [-0.1, -0.05) is 92.3 Å². The quantitative estimate of drug-likeness (QED) is 0.730. The lowest BCUT2D eigenvalue weighted by Crippen LogP contribution is -2.50. The van der Waals surface area contributed by atoms with Crippen molar-refractivity contribution >= 4 is 18.4 Å². The number of allylic oxidation sites excluding steroid dienone is 1. The van der Waals surface area contributed by atoms with Crippen molar-refractivity contribution in [1.29, 1.82) is 0 Å². The molecular weight excluding hydrogens is 244 g/mol. The van der Waals surface area contributed by atoms with Crippen LogP contribution < -0.4 is 10.4 Å². The largest absolute Gasteiger partial charge is 0.167 e. The molecule has 0 saturated carbocycles. The van der Waals surface area contributed by atoms with Gasteiger partial charge in [-0.25, -0.2) is 0 Å². The molecule has 0 saturated heterocycles. The molecule has 0 aromatic heterocycles. The van der Waals surface area contributed by atoms with Gasteiger partial charge in [0.25, 0.3) is 0 Å². The van der Waals surface area contributed by atoms with E-state index < -0.39 is 8.07 Å². The molecule has 3 rings (SSSR count). The van der Waals surface area contributed by atoms with Crippen LogP contribution in [-0.4, -0.2) is 8.07 Å². The number of rotatable bonds is 2. The standard InChI is InChI=1S/C18H20Si/c1-18(2,3)17-14-19(17,15-10-6-4-7-11-15)16-12-8-5-9-13-16/h4-14H,1-3H3. The summed E-state index contributed by atoms with van der Waals surface area (Å²) in [5.41, 5.74) is 2.84. The minimum absolute atomic E-state index is 0.276. The zero-order valence-corrected chi connectivity index (χ0v) is 12.9. The lowest BCUT2D eigenvalue weighted by atomic mass is 9.97. The third-order valence-electron chi connectivity index (χ3n) is 3.97. The van der Waals surface area contributed by atoms with Crippen LogP contribution in [0.1, 0.15) is 20.8 Å². The average Bonchev–Trinajstić information content (AvgIpc) is 3.18. The van der Waals surface area contributed by atoms with Gasteiger partial charge in [0.15, 0.2) is 8.07 Å². The highest BCUT2D eigenvalue weighted by atomic mass is 28.3. The van der Waals surface area contributed by atoms with E-state index in [4.69, 9.17) is 0 Å². The van der Waals surface area contributed by atoms with Crippen molar-refractivity contribution in [2.24, 2.45) is 5.41 Å². The van der Waals surface area contributed by atoms with Crippen LogP contribution >= 0.6 is 0 Å². The highest BCUT2D eigenvalue weighted by Crippen LogP contribution is 2.44. The third kappa shape index (κ3) is 1.98. The zero-order chi connectivity index (χ0) is 13.5. The van der Waals surface area contributed by atoms with Crippen molar-refractivity contribution in [2.75, 3.05) is 0 Å². The predicted molar refractivity (Wildman–Crippen MR) is 85.4 cm³/mol. The summed E-state index contributed by atoms with van der Waals surface area (Å²) in [4.78, 5) is 0. The molecule has 1 aliphatic heterocycles. The summed E-state index contributed by atoms with van der Waals surface area (Å²) in [6.07, 6.45) is 0. The van der Waals surface area contributed by atoms with E-state index in [0.717, 1.165) is 0 Å². The van der Waals surface area contributed by atoms with Crippen LogP contribution in [0.5, 0.6) is 0 Å². The van der Waals surface area contributed by atoms with Crippen molar-refractivity contribution in [3.63, 3.8) is 0 Å². The van der Waals surface area contributed by atoms with Crippen LogP contribution in [0.4, 0.5) is 0 Å². The van der Waals surface area contributed by atoms with Gasteiger partial charge < -0.3 is 0 Å². The fraction of sp³-hybridized carbons (Fsp3) is 0.222. The molecule has 1 heteroatoms. The van der Waals surface area contributed by atoms with E-state index in [0.29, 0.717) is 0 Å². The maximum atomic E-state index is 2.57. The number of hydrogen-bond acceptors (Lipinski definition) is 0. The second kappa shape index (κ2) is 4.21. The SMILES string of the molecule is CC(C)(C)C1=C[Si]1(c1ccccc1)c1ccccc1. The van der Waals surface area contributed by atoms with Crippen molar-refractivity contribution in [3.8, 4) is 0 Å². The molecule has 2 aromatic rings. The molecule has 0 amide bonds.